The fourth-order valence-corrected chi connectivity index (χ4v) is 5.30. The standard InChI is InChI=1S/C24H34N4O/c25-12-10-24(29)26-22-7-4-19(5-8-22)11-13-27-14-16-28(17-15-27)23-9-6-20-2-1-3-21(20)18-23/h6,9,18-19,22H,1-5,7-8,10-11,13-17H2,(H,26,29)/t19-,22-. The van der Waals surface area contributed by atoms with E-state index in [2.05, 4.69) is 33.3 Å². The molecule has 1 aliphatic heterocycles. The molecule has 0 unspecified atom stereocenters. The van der Waals surface area contributed by atoms with E-state index in [1.807, 2.05) is 6.07 Å². The summed E-state index contributed by atoms with van der Waals surface area (Å²) >= 11 is 0. The Morgan fingerprint density at radius 3 is 2.59 bits per heavy atom. The maximum Gasteiger partial charge on any atom is 0.234 e. The minimum Gasteiger partial charge on any atom is -0.369 e. The minimum absolute atomic E-state index is 0.0165. The molecule has 5 heteroatoms. The molecule has 0 bridgehead atoms. The number of benzene rings is 1. The van der Waals surface area contributed by atoms with E-state index in [1.54, 1.807) is 11.1 Å². The van der Waals surface area contributed by atoms with Crippen molar-refractivity contribution in [2.24, 2.45) is 5.92 Å². The van der Waals surface area contributed by atoms with E-state index in [1.165, 1.54) is 50.8 Å². The summed E-state index contributed by atoms with van der Waals surface area (Å²) < 4.78 is 0. The molecular formula is C24H34N4O. The van der Waals surface area contributed by atoms with E-state index < -0.39 is 0 Å². The Hall–Kier alpha value is -2.06. The summed E-state index contributed by atoms with van der Waals surface area (Å²) in [6, 6.07) is 9.32. The number of amides is 1. The minimum atomic E-state index is -0.114. The number of piperazine rings is 1. The van der Waals surface area contributed by atoms with E-state index in [0.29, 0.717) is 0 Å². The number of aryl methyl sites for hydroxylation is 2. The highest BCUT2D eigenvalue weighted by Crippen LogP contribution is 2.29. The fraction of sp³-hybridized carbons (Fsp3) is 0.667. The van der Waals surface area contributed by atoms with E-state index in [0.717, 1.165) is 44.9 Å². The Morgan fingerprint density at radius 2 is 1.83 bits per heavy atom. The van der Waals surface area contributed by atoms with Gasteiger partial charge in [-0.25, -0.2) is 0 Å². The lowest BCUT2D eigenvalue weighted by molar-refractivity contribution is -0.121. The van der Waals surface area contributed by atoms with Crippen LogP contribution in [0, 0.1) is 17.2 Å². The molecule has 1 amide bonds. The molecule has 1 aromatic rings. The smallest absolute Gasteiger partial charge is 0.234 e. The first-order chi connectivity index (χ1) is 14.2. The molecule has 0 atom stereocenters. The van der Waals surface area contributed by atoms with Crippen molar-refractivity contribution < 1.29 is 4.79 Å². The van der Waals surface area contributed by atoms with Crippen molar-refractivity contribution >= 4 is 11.6 Å². The molecule has 3 aliphatic rings. The van der Waals surface area contributed by atoms with Crippen molar-refractivity contribution in [3.8, 4) is 6.07 Å². The monoisotopic (exact) mass is 394 g/mol. The number of hydrogen-bond acceptors (Lipinski definition) is 4. The van der Waals surface area contributed by atoms with Crippen molar-refractivity contribution in [1.82, 2.24) is 10.2 Å². The van der Waals surface area contributed by atoms with Gasteiger partial charge in [0.25, 0.3) is 0 Å². The van der Waals surface area contributed by atoms with Gasteiger partial charge in [0, 0.05) is 37.9 Å². The molecule has 1 aromatic carbocycles. The molecule has 2 fully saturated rings. The van der Waals surface area contributed by atoms with Gasteiger partial charge in [-0.15, -0.1) is 0 Å². The lowest BCUT2D eigenvalue weighted by Crippen LogP contribution is -2.47. The van der Waals surface area contributed by atoms with Crippen LogP contribution in [0.15, 0.2) is 18.2 Å². The van der Waals surface area contributed by atoms with Crippen LogP contribution in [0.3, 0.4) is 0 Å². The first-order valence-electron chi connectivity index (χ1n) is 11.5. The van der Waals surface area contributed by atoms with E-state index in [9.17, 15) is 4.79 Å². The number of nitrogens with one attached hydrogen (secondary N) is 1. The Labute approximate surface area is 175 Å². The number of carbonyl (C=O) groups is 1. The van der Waals surface area contributed by atoms with Crippen LogP contribution in [0.4, 0.5) is 5.69 Å². The molecule has 2 aliphatic carbocycles. The van der Waals surface area contributed by atoms with E-state index in [-0.39, 0.29) is 18.4 Å². The molecule has 1 N–H and O–H groups in total. The van der Waals surface area contributed by atoms with Crippen molar-refractivity contribution in [3.05, 3.63) is 29.3 Å². The topological polar surface area (TPSA) is 59.4 Å². The lowest BCUT2D eigenvalue weighted by Gasteiger charge is -2.37. The normalized spacial score (nSPS) is 24.7. The third kappa shape index (κ3) is 5.30. The largest absolute Gasteiger partial charge is 0.369 e. The van der Waals surface area contributed by atoms with Gasteiger partial charge in [-0.2, -0.15) is 5.26 Å². The number of hydrogen-bond donors (Lipinski definition) is 1. The molecule has 1 saturated carbocycles. The van der Waals surface area contributed by atoms with Gasteiger partial charge < -0.3 is 10.2 Å². The quantitative estimate of drug-likeness (QED) is 0.804. The van der Waals surface area contributed by atoms with Crippen molar-refractivity contribution in [1.29, 1.82) is 5.26 Å². The maximum atomic E-state index is 11.6. The molecule has 1 heterocycles. The van der Waals surface area contributed by atoms with Crippen LogP contribution in [0.2, 0.25) is 0 Å². The van der Waals surface area contributed by atoms with Crippen LogP contribution < -0.4 is 10.2 Å². The Balaban J connectivity index is 1.15. The van der Waals surface area contributed by atoms with Gasteiger partial charge >= 0.3 is 0 Å². The summed E-state index contributed by atoms with van der Waals surface area (Å²) in [5.41, 5.74) is 4.55. The summed E-state index contributed by atoms with van der Waals surface area (Å²) in [7, 11) is 0. The zero-order valence-corrected chi connectivity index (χ0v) is 17.5. The fourth-order valence-electron chi connectivity index (χ4n) is 5.30. The molecule has 29 heavy (non-hydrogen) atoms. The second kappa shape index (κ2) is 9.63. The number of nitriles is 1. The molecule has 0 radical (unpaired) electrons. The van der Waals surface area contributed by atoms with Crippen molar-refractivity contribution in [2.45, 2.75) is 63.8 Å². The maximum absolute atomic E-state index is 11.6. The average molecular weight is 395 g/mol. The third-order valence-corrected chi connectivity index (χ3v) is 7.12. The predicted octanol–water partition coefficient (Wildman–Crippen LogP) is 3.28. The first kappa shape index (κ1) is 20.2. The molecule has 0 spiro atoms. The zero-order valence-electron chi connectivity index (χ0n) is 17.5. The van der Waals surface area contributed by atoms with Gasteiger partial charge in [0.05, 0.1) is 6.07 Å². The third-order valence-electron chi connectivity index (χ3n) is 7.12. The van der Waals surface area contributed by atoms with Gasteiger partial charge in [-0.1, -0.05) is 6.07 Å². The summed E-state index contributed by atoms with van der Waals surface area (Å²) in [5.74, 6) is 0.672. The van der Waals surface area contributed by atoms with Gasteiger partial charge in [0.15, 0.2) is 0 Å². The zero-order chi connectivity index (χ0) is 20.1. The van der Waals surface area contributed by atoms with Crippen LogP contribution >= 0.6 is 0 Å². The van der Waals surface area contributed by atoms with Gasteiger partial charge in [-0.3, -0.25) is 9.69 Å². The Morgan fingerprint density at radius 1 is 1.07 bits per heavy atom. The molecule has 1 saturated heterocycles. The van der Waals surface area contributed by atoms with Crippen LogP contribution in [0.1, 0.15) is 56.1 Å². The highest BCUT2D eigenvalue weighted by molar-refractivity contribution is 5.78. The molecule has 5 nitrogen and oxygen atoms in total. The summed E-state index contributed by atoms with van der Waals surface area (Å²) in [6.45, 7) is 5.80. The summed E-state index contributed by atoms with van der Waals surface area (Å²) in [4.78, 5) is 16.8. The molecule has 156 valence electrons. The average Bonchev–Trinajstić information content (AvgIpc) is 3.22. The number of anilines is 1. The van der Waals surface area contributed by atoms with Crippen molar-refractivity contribution in [3.63, 3.8) is 0 Å². The first-order valence-corrected chi connectivity index (χ1v) is 11.5. The SMILES string of the molecule is N#CCC(=O)N[C@H]1CC[C@H](CCN2CCN(c3ccc4c(c3)CCC4)CC2)CC1. The number of nitrogens with zero attached hydrogens (tertiary/aromatic N) is 3. The summed E-state index contributed by atoms with van der Waals surface area (Å²) in [5, 5.41) is 11.6. The number of carbonyl (C=O) groups excluding carboxylic acids is 1. The molecule has 0 aromatic heterocycles. The molecule has 4 rings (SSSR count). The highest BCUT2D eigenvalue weighted by atomic mass is 16.1. The highest BCUT2D eigenvalue weighted by Gasteiger charge is 2.24. The van der Waals surface area contributed by atoms with Crippen LogP contribution in [-0.2, 0) is 17.6 Å². The van der Waals surface area contributed by atoms with Gasteiger partial charge in [-0.05, 0) is 87.1 Å². The number of rotatable bonds is 6. The lowest BCUT2D eigenvalue weighted by atomic mass is 9.84. The predicted molar refractivity (Wildman–Crippen MR) is 116 cm³/mol. The van der Waals surface area contributed by atoms with E-state index in [4.69, 9.17) is 5.26 Å². The second-order valence-corrected chi connectivity index (χ2v) is 9.04. The van der Waals surface area contributed by atoms with Crippen LogP contribution in [0.25, 0.3) is 0 Å². The summed E-state index contributed by atoms with van der Waals surface area (Å²) in [6.07, 6.45) is 9.63. The molecular weight excluding hydrogens is 360 g/mol. The van der Waals surface area contributed by atoms with E-state index >= 15 is 0 Å². The van der Waals surface area contributed by atoms with Crippen LogP contribution in [0.5, 0.6) is 0 Å². The Kier molecular flexibility index (Phi) is 6.71. The second-order valence-electron chi connectivity index (χ2n) is 9.04. The Bertz CT molecular complexity index is 740. The van der Waals surface area contributed by atoms with Gasteiger partial charge in [0.2, 0.25) is 5.91 Å². The van der Waals surface area contributed by atoms with Gasteiger partial charge in [0.1, 0.15) is 6.42 Å². The van der Waals surface area contributed by atoms with Crippen LogP contribution in [-0.4, -0.2) is 49.6 Å². The number of fused-ring (bicyclic) bond motifs is 1. The van der Waals surface area contributed by atoms with Crippen molar-refractivity contribution in [2.75, 3.05) is 37.6 Å².